The molecule has 0 saturated carbocycles. The van der Waals surface area contributed by atoms with Gasteiger partial charge in [-0.25, -0.2) is 4.79 Å². The predicted molar refractivity (Wildman–Crippen MR) is 71.4 cm³/mol. The second-order valence-corrected chi connectivity index (χ2v) is 4.62. The molecule has 1 N–H and O–H groups in total. The molecule has 0 aliphatic carbocycles. The van der Waals surface area contributed by atoms with Crippen LogP contribution >= 0.6 is 11.6 Å². The Bertz CT molecular complexity index is 684. The third kappa shape index (κ3) is 2.38. The van der Waals surface area contributed by atoms with E-state index in [-0.39, 0.29) is 17.3 Å². The van der Waals surface area contributed by atoms with Gasteiger partial charge in [-0.15, -0.1) is 0 Å². The third-order valence-corrected chi connectivity index (χ3v) is 3.20. The molecule has 0 unspecified atom stereocenters. The van der Waals surface area contributed by atoms with Crippen LogP contribution < -0.4 is 11.2 Å². The molecule has 0 atom stereocenters. The molecule has 4 nitrogen and oxygen atoms in total. The number of aromatic amines is 1. The fourth-order valence-corrected chi connectivity index (χ4v) is 1.82. The van der Waals surface area contributed by atoms with Crippen molar-refractivity contribution in [2.45, 2.75) is 20.4 Å². The van der Waals surface area contributed by atoms with Gasteiger partial charge in [0.2, 0.25) is 0 Å². The van der Waals surface area contributed by atoms with E-state index in [9.17, 15) is 9.59 Å². The van der Waals surface area contributed by atoms with E-state index in [2.05, 4.69) is 4.98 Å². The smallest absolute Gasteiger partial charge is 0.297 e. The SMILES string of the molecule is Cc1ccc(Cn2c(=O)[nH]c(Cl)c(C)c2=O)cc1. The third-order valence-electron chi connectivity index (χ3n) is 2.82. The van der Waals surface area contributed by atoms with E-state index in [4.69, 9.17) is 11.6 Å². The predicted octanol–water partition coefficient (Wildman–Crippen LogP) is 1.86. The quantitative estimate of drug-likeness (QED) is 0.842. The lowest BCUT2D eigenvalue weighted by Gasteiger charge is -2.07. The summed E-state index contributed by atoms with van der Waals surface area (Å²) in [5.74, 6) is 0. The molecule has 2 aromatic rings. The highest BCUT2D eigenvalue weighted by atomic mass is 35.5. The van der Waals surface area contributed by atoms with Crippen molar-refractivity contribution in [3.05, 3.63) is 66.9 Å². The molecule has 0 spiro atoms. The van der Waals surface area contributed by atoms with E-state index in [1.54, 1.807) is 6.92 Å². The summed E-state index contributed by atoms with van der Waals surface area (Å²) in [6.07, 6.45) is 0. The molecular formula is C13H13ClN2O2. The Morgan fingerprint density at radius 1 is 1.17 bits per heavy atom. The maximum Gasteiger partial charge on any atom is 0.329 e. The molecule has 0 bridgehead atoms. The number of rotatable bonds is 2. The van der Waals surface area contributed by atoms with E-state index < -0.39 is 5.69 Å². The van der Waals surface area contributed by atoms with Crippen LogP contribution in [0.3, 0.4) is 0 Å². The fourth-order valence-electron chi connectivity index (χ4n) is 1.66. The van der Waals surface area contributed by atoms with Crippen LogP contribution in [0, 0.1) is 13.8 Å². The molecule has 0 aliphatic heterocycles. The number of nitrogens with one attached hydrogen (secondary N) is 1. The maximum absolute atomic E-state index is 11.9. The Hall–Kier alpha value is -1.81. The summed E-state index contributed by atoms with van der Waals surface area (Å²) in [4.78, 5) is 26.1. The molecule has 0 amide bonds. The summed E-state index contributed by atoms with van der Waals surface area (Å²) in [6.45, 7) is 3.81. The molecule has 0 radical (unpaired) electrons. The molecule has 18 heavy (non-hydrogen) atoms. The van der Waals surface area contributed by atoms with Crippen molar-refractivity contribution in [2.75, 3.05) is 0 Å². The van der Waals surface area contributed by atoms with Crippen molar-refractivity contribution in [1.82, 2.24) is 9.55 Å². The minimum Gasteiger partial charge on any atom is -0.297 e. The van der Waals surface area contributed by atoms with Crippen LogP contribution in [0.15, 0.2) is 33.9 Å². The first-order valence-electron chi connectivity index (χ1n) is 5.54. The van der Waals surface area contributed by atoms with Crippen LogP contribution in [0.5, 0.6) is 0 Å². The summed E-state index contributed by atoms with van der Waals surface area (Å²) in [5.41, 5.74) is 1.53. The second-order valence-electron chi connectivity index (χ2n) is 4.25. The molecule has 1 heterocycles. The van der Waals surface area contributed by atoms with E-state index >= 15 is 0 Å². The fraction of sp³-hybridized carbons (Fsp3) is 0.231. The second kappa shape index (κ2) is 4.82. The lowest BCUT2D eigenvalue weighted by atomic mass is 10.1. The number of H-pyrrole nitrogens is 1. The Labute approximate surface area is 109 Å². The lowest BCUT2D eigenvalue weighted by Crippen LogP contribution is -2.36. The summed E-state index contributed by atoms with van der Waals surface area (Å²) >= 11 is 5.75. The van der Waals surface area contributed by atoms with Gasteiger partial charge in [-0.3, -0.25) is 14.3 Å². The van der Waals surface area contributed by atoms with Crippen LogP contribution in [-0.4, -0.2) is 9.55 Å². The standard InChI is InChI=1S/C13H13ClN2O2/c1-8-3-5-10(6-4-8)7-16-12(17)9(2)11(14)15-13(16)18/h3-6H,7H2,1-2H3,(H,15,18). The van der Waals surface area contributed by atoms with E-state index in [1.165, 1.54) is 0 Å². The largest absolute Gasteiger partial charge is 0.329 e. The average Bonchev–Trinajstić information content (AvgIpc) is 2.34. The van der Waals surface area contributed by atoms with Gasteiger partial charge in [0.1, 0.15) is 5.15 Å². The summed E-state index contributed by atoms with van der Waals surface area (Å²) in [6, 6.07) is 7.67. The van der Waals surface area contributed by atoms with Crippen LogP contribution in [0.25, 0.3) is 0 Å². The van der Waals surface area contributed by atoms with Crippen LogP contribution in [0.2, 0.25) is 5.15 Å². The van der Waals surface area contributed by atoms with Crippen molar-refractivity contribution >= 4 is 11.6 Å². The average molecular weight is 265 g/mol. The molecule has 0 saturated heterocycles. The van der Waals surface area contributed by atoms with Gasteiger partial charge >= 0.3 is 5.69 Å². The highest BCUT2D eigenvalue weighted by Crippen LogP contribution is 2.06. The number of nitrogens with zero attached hydrogens (tertiary/aromatic N) is 1. The van der Waals surface area contributed by atoms with Crippen LogP contribution in [-0.2, 0) is 6.54 Å². The first-order valence-corrected chi connectivity index (χ1v) is 5.91. The zero-order valence-electron chi connectivity index (χ0n) is 10.2. The Kier molecular flexibility index (Phi) is 3.39. The van der Waals surface area contributed by atoms with Gasteiger partial charge < -0.3 is 0 Å². The highest BCUT2D eigenvalue weighted by molar-refractivity contribution is 6.30. The van der Waals surface area contributed by atoms with Gasteiger partial charge in [-0.1, -0.05) is 41.4 Å². The number of hydrogen-bond donors (Lipinski definition) is 1. The lowest BCUT2D eigenvalue weighted by molar-refractivity contribution is 0.692. The highest BCUT2D eigenvalue weighted by Gasteiger charge is 2.08. The number of aryl methyl sites for hydroxylation is 1. The molecule has 5 heteroatoms. The molecule has 0 fully saturated rings. The first-order chi connectivity index (χ1) is 8.49. The minimum atomic E-state index is -0.490. The molecule has 1 aromatic carbocycles. The number of benzene rings is 1. The molecule has 94 valence electrons. The van der Waals surface area contributed by atoms with Crippen molar-refractivity contribution in [2.24, 2.45) is 0 Å². The maximum atomic E-state index is 11.9. The zero-order valence-corrected chi connectivity index (χ0v) is 10.9. The van der Waals surface area contributed by atoms with Gasteiger partial charge in [-0.2, -0.15) is 0 Å². The van der Waals surface area contributed by atoms with Gasteiger partial charge in [0.15, 0.2) is 0 Å². The summed E-state index contributed by atoms with van der Waals surface area (Å²) in [7, 11) is 0. The Balaban J connectivity index is 2.47. The Morgan fingerprint density at radius 2 is 1.78 bits per heavy atom. The molecule has 2 rings (SSSR count). The van der Waals surface area contributed by atoms with Crippen molar-refractivity contribution < 1.29 is 0 Å². The number of halogens is 1. The van der Waals surface area contributed by atoms with Gasteiger partial charge in [0.05, 0.1) is 6.54 Å². The zero-order chi connectivity index (χ0) is 13.3. The number of aromatic nitrogens is 2. The van der Waals surface area contributed by atoms with Gasteiger partial charge in [0.25, 0.3) is 5.56 Å². The van der Waals surface area contributed by atoms with E-state index in [1.807, 2.05) is 31.2 Å². The van der Waals surface area contributed by atoms with Crippen molar-refractivity contribution in [3.8, 4) is 0 Å². The van der Waals surface area contributed by atoms with E-state index in [0.29, 0.717) is 5.56 Å². The topological polar surface area (TPSA) is 54.9 Å². The van der Waals surface area contributed by atoms with Crippen molar-refractivity contribution in [1.29, 1.82) is 0 Å². The summed E-state index contributed by atoms with van der Waals surface area (Å²) in [5, 5.41) is 0.102. The molecule has 1 aromatic heterocycles. The van der Waals surface area contributed by atoms with Gasteiger partial charge in [-0.05, 0) is 19.4 Å². The monoisotopic (exact) mass is 264 g/mol. The normalized spacial score (nSPS) is 10.6. The minimum absolute atomic E-state index is 0.102. The van der Waals surface area contributed by atoms with Crippen molar-refractivity contribution in [3.63, 3.8) is 0 Å². The summed E-state index contributed by atoms with van der Waals surface area (Å²) < 4.78 is 1.14. The first kappa shape index (κ1) is 12.6. The Morgan fingerprint density at radius 3 is 2.39 bits per heavy atom. The van der Waals surface area contributed by atoms with Gasteiger partial charge in [0, 0.05) is 5.56 Å². The molecule has 0 aliphatic rings. The molecular weight excluding hydrogens is 252 g/mol. The van der Waals surface area contributed by atoms with E-state index in [0.717, 1.165) is 15.7 Å². The number of hydrogen-bond acceptors (Lipinski definition) is 2. The van der Waals surface area contributed by atoms with Crippen LogP contribution in [0.4, 0.5) is 0 Å². The van der Waals surface area contributed by atoms with Crippen LogP contribution in [0.1, 0.15) is 16.7 Å².